The van der Waals surface area contributed by atoms with E-state index in [-0.39, 0.29) is 11.3 Å². The Morgan fingerprint density at radius 3 is 1.63 bits per heavy atom. The third kappa shape index (κ3) is 5.64. The van der Waals surface area contributed by atoms with Crippen LogP contribution in [0, 0.1) is 5.92 Å². The van der Waals surface area contributed by atoms with Gasteiger partial charge in [0.25, 0.3) is 0 Å². The summed E-state index contributed by atoms with van der Waals surface area (Å²) >= 11 is 0. The number of aliphatic imine (C=N–C) groups is 1. The van der Waals surface area contributed by atoms with E-state index in [1.165, 1.54) is 77.9 Å². The highest BCUT2D eigenvalue weighted by Crippen LogP contribution is 2.63. The fourth-order valence-corrected chi connectivity index (χ4v) is 10.2. The highest BCUT2D eigenvalue weighted by Gasteiger charge is 2.51. The van der Waals surface area contributed by atoms with Crippen LogP contribution in [-0.4, -0.2) is 5.71 Å². The molecule has 0 saturated carbocycles. The number of allylic oxidation sites excluding steroid dienone is 3. The van der Waals surface area contributed by atoms with Crippen LogP contribution in [0.1, 0.15) is 58.7 Å². The van der Waals surface area contributed by atoms with Gasteiger partial charge in [0.1, 0.15) is 0 Å². The second-order valence-corrected chi connectivity index (χ2v) is 16.0. The van der Waals surface area contributed by atoms with E-state index in [1.54, 1.807) is 0 Å². The average Bonchev–Trinajstić information content (AvgIpc) is 3.78. The van der Waals surface area contributed by atoms with E-state index in [0.29, 0.717) is 0 Å². The molecule has 1 nitrogen and oxygen atoms in total. The van der Waals surface area contributed by atoms with Crippen molar-refractivity contribution >= 4 is 17.0 Å². The van der Waals surface area contributed by atoms with E-state index in [4.69, 9.17) is 4.99 Å². The minimum absolute atomic E-state index is 0.231. The second kappa shape index (κ2) is 14.4. The molecule has 0 saturated heterocycles. The van der Waals surface area contributed by atoms with E-state index < -0.39 is 0 Å². The minimum atomic E-state index is -0.357. The van der Waals surface area contributed by atoms with Crippen molar-refractivity contribution < 1.29 is 0 Å². The molecule has 8 aromatic rings. The monoisotopic (exact) mass is 753 g/mol. The van der Waals surface area contributed by atoms with Crippen molar-refractivity contribution in [2.24, 2.45) is 10.9 Å². The molecule has 0 fully saturated rings. The van der Waals surface area contributed by atoms with E-state index in [1.807, 2.05) is 0 Å². The zero-order chi connectivity index (χ0) is 39.3. The molecule has 0 bridgehead atoms. The molecule has 1 atom stereocenters. The van der Waals surface area contributed by atoms with Crippen LogP contribution >= 0.6 is 0 Å². The number of rotatable bonds is 6. The molecular formula is C58H43N. The predicted molar refractivity (Wildman–Crippen MR) is 247 cm³/mol. The Morgan fingerprint density at radius 1 is 0.441 bits per heavy atom. The molecule has 1 heterocycles. The van der Waals surface area contributed by atoms with Crippen molar-refractivity contribution in [3.63, 3.8) is 0 Å². The molecule has 0 amide bonds. The van der Waals surface area contributed by atoms with Crippen molar-refractivity contribution in [2.45, 2.75) is 25.2 Å². The molecule has 280 valence electrons. The fourth-order valence-electron chi connectivity index (χ4n) is 10.2. The fraction of sp³-hybridized carbons (Fsp3) is 0.0862. The average molecular weight is 754 g/mol. The third-order valence-electron chi connectivity index (χ3n) is 12.9. The van der Waals surface area contributed by atoms with Gasteiger partial charge >= 0.3 is 0 Å². The van der Waals surface area contributed by atoms with Crippen LogP contribution in [0.3, 0.4) is 0 Å². The molecule has 8 aromatic carbocycles. The maximum Gasteiger partial charge on any atom is 0.0725 e. The molecule has 1 heteroatoms. The predicted octanol–water partition coefficient (Wildman–Crippen LogP) is 14.7. The van der Waals surface area contributed by atoms with Gasteiger partial charge in [0.05, 0.1) is 16.8 Å². The van der Waals surface area contributed by atoms with Crippen LogP contribution in [0.2, 0.25) is 0 Å². The molecule has 11 rings (SSSR count). The smallest absolute Gasteiger partial charge is 0.0725 e. The molecule has 1 aliphatic heterocycles. The summed E-state index contributed by atoms with van der Waals surface area (Å²) in [5, 5.41) is 0. The third-order valence-corrected chi connectivity index (χ3v) is 12.9. The summed E-state index contributed by atoms with van der Waals surface area (Å²) in [5.74, 6) is 0.231. The number of hydrogen-bond acceptors (Lipinski definition) is 1. The second-order valence-electron chi connectivity index (χ2n) is 16.0. The van der Waals surface area contributed by atoms with Crippen molar-refractivity contribution in [3.05, 3.63) is 251 Å². The van der Waals surface area contributed by atoms with Gasteiger partial charge in [-0.3, -0.25) is 4.99 Å². The highest BCUT2D eigenvalue weighted by atomic mass is 14.8. The van der Waals surface area contributed by atoms with Gasteiger partial charge in [0, 0.05) is 12.3 Å². The molecule has 0 aromatic heterocycles. The van der Waals surface area contributed by atoms with Gasteiger partial charge in [-0.25, -0.2) is 0 Å². The van der Waals surface area contributed by atoms with Crippen molar-refractivity contribution in [1.82, 2.24) is 0 Å². The Hall–Kier alpha value is -7.09. The minimum Gasteiger partial charge on any atom is -0.252 e. The summed E-state index contributed by atoms with van der Waals surface area (Å²) in [7, 11) is 0. The summed E-state index contributed by atoms with van der Waals surface area (Å²) in [6, 6.07) is 73.7. The van der Waals surface area contributed by atoms with Gasteiger partial charge < -0.3 is 0 Å². The first-order valence-corrected chi connectivity index (χ1v) is 21.0. The van der Waals surface area contributed by atoms with E-state index in [2.05, 4.69) is 219 Å². The van der Waals surface area contributed by atoms with E-state index in [0.717, 1.165) is 35.4 Å². The topological polar surface area (TPSA) is 12.4 Å². The number of nitrogens with zero attached hydrogens (tertiary/aromatic N) is 1. The van der Waals surface area contributed by atoms with Crippen LogP contribution in [0.5, 0.6) is 0 Å². The summed E-state index contributed by atoms with van der Waals surface area (Å²) in [5.41, 5.74) is 22.3. The quantitative estimate of drug-likeness (QED) is 0.160. The van der Waals surface area contributed by atoms with Crippen molar-refractivity contribution in [3.8, 4) is 44.5 Å². The standard InChI is InChI=1S/C58H43N/c1-2-39-38-56(42-19-7-4-8-20-42)59-55(36-35-46(39)45-22-15-21-44(37-45)40-17-5-3-6-18-40)43-33-31-41(32-34-43)47-26-16-30-54-57(47)50-25-11-14-29-53(50)58(54)51-27-12-9-23-48(51)49-24-10-13-28-52(49)58/h3-35,37-39H,2,36H2,1H3/b46-35?,56-38-,59-55?. The van der Waals surface area contributed by atoms with Crippen LogP contribution in [0.4, 0.5) is 0 Å². The number of hydrogen-bond donors (Lipinski definition) is 0. The maximum atomic E-state index is 5.48. The molecule has 3 aliphatic rings. The molecular weight excluding hydrogens is 711 g/mol. The first-order valence-electron chi connectivity index (χ1n) is 21.0. The number of benzene rings is 8. The Kier molecular flexibility index (Phi) is 8.56. The van der Waals surface area contributed by atoms with Gasteiger partial charge in [-0.2, -0.15) is 0 Å². The Bertz CT molecular complexity index is 2940. The zero-order valence-electron chi connectivity index (χ0n) is 33.1. The number of fused-ring (bicyclic) bond motifs is 10. The van der Waals surface area contributed by atoms with E-state index in [9.17, 15) is 0 Å². The van der Waals surface area contributed by atoms with Gasteiger partial charge in [-0.15, -0.1) is 0 Å². The van der Waals surface area contributed by atoms with Crippen LogP contribution < -0.4 is 0 Å². The normalized spacial score (nSPS) is 16.7. The Morgan fingerprint density at radius 2 is 0.949 bits per heavy atom. The van der Waals surface area contributed by atoms with Gasteiger partial charge in [0.2, 0.25) is 0 Å². The molecule has 1 unspecified atom stereocenters. The zero-order valence-corrected chi connectivity index (χ0v) is 33.1. The largest absolute Gasteiger partial charge is 0.252 e. The SMILES string of the molecule is CCC1/C=C(/c2ccccc2)N=C(c2ccc(-c3cccc4c3-c3ccccc3C43c4ccccc4-c4ccccc43)cc2)CC=C1c1cccc(-c2ccccc2)c1. The summed E-state index contributed by atoms with van der Waals surface area (Å²) in [6.45, 7) is 2.29. The van der Waals surface area contributed by atoms with Gasteiger partial charge in [-0.05, 0) is 102 Å². The Balaban J connectivity index is 1.02. The molecule has 0 radical (unpaired) electrons. The van der Waals surface area contributed by atoms with Crippen LogP contribution in [0.15, 0.2) is 217 Å². The summed E-state index contributed by atoms with van der Waals surface area (Å²) in [4.78, 5) is 5.48. The lowest BCUT2D eigenvalue weighted by atomic mass is 9.70. The molecule has 2 aliphatic carbocycles. The van der Waals surface area contributed by atoms with E-state index >= 15 is 0 Å². The van der Waals surface area contributed by atoms with Gasteiger partial charge in [-0.1, -0.05) is 213 Å². The van der Waals surface area contributed by atoms with Crippen LogP contribution in [-0.2, 0) is 5.41 Å². The van der Waals surface area contributed by atoms with Crippen molar-refractivity contribution in [1.29, 1.82) is 0 Å². The lowest BCUT2D eigenvalue weighted by Crippen LogP contribution is -2.25. The molecule has 59 heavy (non-hydrogen) atoms. The highest BCUT2D eigenvalue weighted by molar-refractivity contribution is 6.06. The van der Waals surface area contributed by atoms with Crippen LogP contribution in [0.25, 0.3) is 55.8 Å². The Labute approximate surface area is 347 Å². The lowest BCUT2D eigenvalue weighted by molar-refractivity contribution is 0.791. The molecule has 1 spiro atoms. The van der Waals surface area contributed by atoms with Crippen molar-refractivity contribution in [2.75, 3.05) is 0 Å². The van der Waals surface area contributed by atoms with Gasteiger partial charge in [0.15, 0.2) is 0 Å². The first kappa shape index (κ1) is 35.1. The summed E-state index contributed by atoms with van der Waals surface area (Å²) in [6.07, 6.45) is 6.55. The summed E-state index contributed by atoms with van der Waals surface area (Å²) < 4.78 is 0. The maximum absolute atomic E-state index is 5.48. The lowest BCUT2D eigenvalue weighted by Gasteiger charge is -2.30. The molecule has 0 N–H and O–H groups in total. The first-order chi connectivity index (χ1) is 29.2.